The van der Waals surface area contributed by atoms with Gasteiger partial charge in [-0.2, -0.15) is 0 Å². The lowest BCUT2D eigenvalue weighted by Crippen LogP contribution is -2.52. The molecule has 0 aromatic heterocycles. The summed E-state index contributed by atoms with van der Waals surface area (Å²) >= 11 is 0. The topological polar surface area (TPSA) is 35.5 Å². The van der Waals surface area contributed by atoms with Crippen LogP contribution in [-0.4, -0.2) is 47.8 Å². The molecule has 2 rings (SSSR count). The number of aliphatic hydroxyl groups excluding tert-OH is 1. The van der Waals surface area contributed by atoms with Crippen LogP contribution in [0, 0.1) is 17.8 Å². The van der Waals surface area contributed by atoms with E-state index in [0.717, 1.165) is 18.9 Å². The second-order valence-corrected chi connectivity index (χ2v) is 7.74. The molecule has 118 valence electrons. The minimum Gasteiger partial charge on any atom is -0.393 e. The van der Waals surface area contributed by atoms with Crippen molar-refractivity contribution in [3.8, 4) is 0 Å². The van der Waals surface area contributed by atoms with Crippen LogP contribution in [0.5, 0.6) is 0 Å². The second kappa shape index (κ2) is 7.24. The van der Waals surface area contributed by atoms with Crippen molar-refractivity contribution < 1.29 is 5.11 Å². The highest BCUT2D eigenvalue weighted by Crippen LogP contribution is 2.29. The maximum atomic E-state index is 10.2. The second-order valence-electron chi connectivity index (χ2n) is 7.74. The molecule has 1 saturated carbocycles. The fraction of sp³-hybridized carbons (Fsp3) is 1.00. The quantitative estimate of drug-likeness (QED) is 0.753. The van der Waals surface area contributed by atoms with E-state index in [9.17, 15) is 5.11 Å². The first-order valence-corrected chi connectivity index (χ1v) is 8.61. The largest absolute Gasteiger partial charge is 0.393 e. The molecule has 1 aliphatic carbocycles. The smallest absolute Gasteiger partial charge is 0.0566 e. The van der Waals surface area contributed by atoms with Gasteiger partial charge in [-0.05, 0) is 63.8 Å². The van der Waals surface area contributed by atoms with E-state index in [0.29, 0.717) is 23.9 Å². The fourth-order valence-corrected chi connectivity index (χ4v) is 3.25. The molecule has 0 bridgehead atoms. The van der Waals surface area contributed by atoms with Crippen molar-refractivity contribution in [2.45, 2.75) is 71.6 Å². The summed E-state index contributed by atoms with van der Waals surface area (Å²) in [5, 5.41) is 14.0. The Morgan fingerprint density at radius 1 is 1.10 bits per heavy atom. The van der Waals surface area contributed by atoms with Gasteiger partial charge in [0.1, 0.15) is 0 Å². The van der Waals surface area contributed by atoms with Gasteiger partial charge in [0, 0.05) is 25.2 Å². The normalized spacial score (nSPS) is 30.1. The minimum absolute atomic E-state index is 0.142. The monoisotopic (exact) mass is 282 g/mol. The maximum Gasteiger partial charge on any atom is 0.0566 e. The molecule has 0 amide bonds. The number of rotatable bonds is 7. The third-order valence-electron chi connectivity index (χ3n) is 5.03. The summed E-state index contributed by atoms with van der Waals surface area (Å²) in [6.07, 6.45) is 4.89. The van der Waals surface area contributed by atoms with Crippen LogP contribution >= 0.6 is 0 Å². The summed E-state index contributed by atoms with van der Waals surface area (Å²) in [7, 11) is 0. The number of hydrogen-bond acceptors (Lipinski definition) is 3. The number of aliphatic hydroxyl groups is 1. The Hall–Kier alpha value is -0.120. The molecule has 1 heterocycles. The Morgan fingerprint density at radius 3 is 2.35 bits per heavy atom. The molecule has 20 heavy (non-hydrogen) atoms. The van der Waals surface area contributed by atoms with Crippen LogP contribution in [-0.2, 0) is 0 Å². The highest BCUT2D eigenvalue weighted by molar-refractivity contribution is 4.88. The summed E-state index contributed by atoms with van der Waals surface area (Å²) in [4.78, 5) is 2.59. The predicted octanol–water partition coefficient (Wildman–Crippen LogP) is 2.49. The lowest BCUT2D eigenvalue weighted by atomic mass is 9.86. The lowest BCUT2D eigenvalue weighted by molar-refractivity contribution is 0.0518. The number of piperidine rings is 1. The average molecular weight is 282 g/mol. The first-order valence-electron chi connectivity index (χ1n) is 8.61. The highest BCUT2D eigenvalue weighted by atomic mass is 16.3. The molecule has 1 aliphatic heterocycles. The summed E-state index contributed by atoms with van der Waals surface area (Å²) in [6.45, 7) is 12.4. The predicted molar refractivity (Wildman–Crippen MR) is 84.8 cm³/mol. The Morgan fingerprint density at radius 2 is 1.80 bits per heavy atom. The molecule has 2 N–H and O–H groups in total. The Balaban J connectivity index is 1.85. The summed E-state index contributed by atoms with van der Waals surface area (Å²) < 4.78 is 0. The minimum atomic E-state index is -0.142. The maximum absolute atomic E-state index is 10.2. The number of nitrogens with zero attached hydrogens (tertiary/aromatic N) is 1. The van der Waals surface area contributed by atoms with Crippen LogP contribution in [0.25, 0.3) is 0 Å². The van der Waals surface area contributed by atoms with Crippen LogP contribution < -0.4 is 5.32 Å². The van der Waals surface area contributed by atoms with E-state index < -0.39 is 0 Å². The van der Waals surface area contributed by atoms with Gasteiger partial charge in [-0.1, -0.05) is 13.8 Å². The van der Waals surface area contributed by atoms with E-state index in [1.165, 1.54) is 32.4 Å². The molecule has 0 spiro atoms. The lowest BCUT2D eigenvalue weighted by Gasteiger charge is -2.41. The van der Waals surface area contributed by atoms with E-state index in [-0.39, 0.29) is 6.10 Å². The summed E-state index contributed by atoms with van der Waals surface area (Å²) in [5.41, 5.74) is 0. The van der Waals surface area contributed by atoms with Crippen molar-refractivity contribution >= 4 is 0 Å². The van der Waals surface area contributed by atoms with E-state index in [1.807, 2.05) is 0 Å². The molecule has 1 saturated heterocycles. The third kappa shape index (κ3) is 5.01. The molecule has 2 fully saturated rings. The zero-order valence-electron chi connectivity index (χ0n) is 13.8. The summed E-state index contributed by atoms with van der Waals surface area (Å²) in [5.74, 6) is 1.96. The molecule has 3 unspecified atom stereocenters. The Bertz CT molecular complexity index is 287. The molecule has 2 aliphatic rings. The van der Waals surface area contributed by atoms with Gasteiger partial charge in [0.15, 0.2) is 0 Å². The first kappa shape index (κ1) is 16.3. The van der Waals surface area contributed by atoms with Crippen LogP contribution in [0.4, 0.5) is 0 Å². The van der Waals surface area contributed by atoms with Gasteiger partial charge in [-0.15, -0.1) is 0 Å². The summed E-state index contributed by atoms with van der Waals surface area (Å²) in [6, 6.07) is 1.23. The zero-order chi connectivity index (χ0) is 14.7. The average Bonchev–Trinajstić information content (AvgIpc) is 3.19. The highest BCUT2D eigenvalue weighted by Gasteiger charge is 2.31. The van der Waals surface area contributed by atoms with Gasteiger partial charge < -0.3 is 10.4 Å². The van der Waals surface area contributed by atoms with Gasteiger partial charge in [-0.25, -0.2) is 0 Å². The van der Waals surface area contributed by atoms with E-state index in [4.69, 9.17) is 0 Å². The van der Waals surface area contributed by atoms with Gasteiger partial charge in [-0.3, -0.25) is 4.90 Å². The van der Waals surface area contributed by atoms with Crippen LogP contribution in [0.15, 0.2) is 0 Å². The number of likely N-dealkylation sites (tertiary alicyclic amines) is 1. The van der Waals surface area contributed by atoms with Gasteiger partial charge in [0.05, 0.1) is 6.10 Å². The molecular weight excluding hydrogens is 248 g/mol. The molecule has 0 aromatic rings. The van der Waals surface area contributed by atoms with Crippen molar-refractivity contribution in [1.82, 2.24) is 10.2 Å². The van der Waals surface area contributed by atoms with Crippen LogP contribution in [0.3, 0.4) is 0 Å². The van der Waals surface area contributed by atoms with Crippen molar-refractivity contribution in [3.05, 3.63) is 0 Å². The van der Waals surface area contributed by atoms with Crippen molar-refractivity contribution in [3.63, 3.8) is 0 Å². The number of hydrogen-bond donors (Lipinski definition) is 2. The molecule has 3 heteroatoms. The molecule has 3 atom stereocenters. The molecule has 0 aromatic carbocycles. The third-order valence-corrected chi connectivity index (χ3v) is 5.03. The van der Waals surface area contributed by atoms with Gasteiger partial charge in [0.25, 0.3) is 0 Å². The standard InChI is InChI=1S/C17H34N2O/c1-12(2)17(20)8-15-7-16(18-9-14-5-6-14)11-19(10-15)13(3)4/h12-18,20H,5-11H2,1-4H3. The van der Waals surface area contributed by atoms with Gasteiger partial charge >= 0.3 is 0 Å². The molecular formula is C17H34N2O. The SMILES string of the molecule is CC(C)C(O)CC1CC(NCC2CC2)CN(C(C)C)C1. The van der Waals surface area contributed by atoms with Crippen molar-refractivity contribution in [1.29, 1.82) is 0 Å². The van der Waals surface area contributed by atoms with Crippen molar-refractivity contribution in [2.24, 2.45) is 17.8 Å². The molecule has 3 nitrogen and oxygen atoms in total. The Labute approximate surface area is 125 Å². The molecule has 0 radical (unpaired) electrons. The zero-order valence-corrected chi connectivity index (χ0v) is 13.8. The van der Waals surface area contributed by atoms with E-state index in [1.54, 1.807) is 0 Å². The van der Waals surface area contributed by atoms with E-state index >= 15 is 0 Å². The van der Waals surface area contributed by atoms with E-state index in [2.05, 4.69) is 37.9 Å². The van der Waals surface area contributed by atoms with Crippen LogP contribution in [0.2, 0.25) is 0 Å². The fourth-order valence-electron chi connectivity index (χ4n) is 3.25. The Kier molecular flexibility index (Phi) is 5.88. The first-order chi connectivity index (χ1) is 9.45. The van der Waals surface area contributed by atoms with Crippen LogP contribution in [0.1, 0.15) is 53.4 Å². The number of nitrogens with one attached hydrogen (secondary N) is 1. The van der Waals surface area contributed by atoms with Gasteiger partial charge in [0.2, 0.25) is 0 Å². The van der Waals surface area contributed by atoms with Crippen molar-refractivity contribution in [2.75, 3.05) is 19.6 Å².